The summed E-state index contributed by atoms with van der Waals surface area (Å²) < 4.78 is 24.5. The summed E-state index contributed by atoms with van der Waals surface area (Å²) in [5.74, 6) is -0.314. The molecule has 1 aliphatic heterocycles. The molecular weight excluding hydrogens is 290 g/mol. The van der Waals surface area contributed by atoms with Gasteiger partial charge in [-0.2, -0.15) is 9.57 Å². The summed E-state index contributed by atoms with van der Waals surface area (Å²) in [4.78, 5) is 12.2. The van der Waals surface area contributed by atoms with Gasteiger partial charge < -0.3 is 5.32 Å². The predicted molar refractivity (Wildman–Crippen MR) is 79.0 cm³/mol. The molecule has 1 aromatic carbocycles. The Morgan fingerprint density at radius 1 is 1.43 bits per heavy atom. The van der Waals surface area contributed by atoms with Crippen LogP contribution in [0.15, 0.2) is 24.3 Å². The highest BCUT2D eigenvalue weighted by Gasteiger charge is 2.36. The lowest BCUT2D eigenvalue weighted by molar-refractivity contribution is -0.119. The van der Waals surface area contributed by atoms with Gasteiger partial charge in [0.25, 0.3) is 0 Å². The van der Waals surface area contributed by atoms with Crippen LogP contribution >= 0.6 is 0 Å². The number of rotatable bonds is 4. The van der Waals surface area contributed by atoms with Crippen molar-refractivity contribution in [2.75, 3.05) is 18.1 Å². The highest BCUT2D eigenvalue weighted by molar-refractivity contribution is 7.88. The van der Waals surface area contributed by atoms with E-state index in [9.17, 15) is 13.2 Å². The molecule has 1 N–H and O–H groups in total. The van der Waals surface area contributed by atoms with Crippen LogP contribution in [0, 0.1) is 11.3 Å². The second-order valence-corrected chi connectivity index (χ2v) is 6.99. The van der Waals surface area contributed by atoms with E-state index in [0.717, 1.165) is 11.8 Å². The van der Waals surface area contributed by atoms with Gasteiger partial charge in [-0.25, -0.2) is 8.42 Å². The third kappa shape index (κ3) is 3.80. The molecule has 1 aliphatic rings. The van der Waals surface area contributed by atoms with Crippen molar-refractivity contribution in [2.45, 2.75) is 25.3 Å². The van der Waals surface area contributed by atoms with Crippen LogP contribution in [0.5, 0.6) is 0 Å². The lowest BCUT2D eigenvalue weighted by Gasteiger charge is -2.21. The minimum atomic E-state index is -3.37. The van der Waals surface area contributed by atoms with Crippen molar-refractivity contribution >= 4 is 21.6 Å². The zero-order chi connectivity index (χ0) is 15.5. The molecule has 1 heterocycles. The van der Waals surface area contributed by atoms with Gasteiger partial charge in [0.1, 0.15) is 6.04 Å². The van der Waals surface area contributed by atoms with Gasteiger partial charge in [-0.3, -0.25) is 4.79 Å². The van der Waals surface area contributed by atoms with E-state index in [1.165, 1.54) is 4.31 Å². The molecule has 0 saturated carbocycles. The van der Waals surface area contributed by atoms with Gasteiger partial charge in [-0.1, -0.05) is 12.1 Å². The number of benzene rings is 1. The summed E-state index contributed by atoms with van der Waals surface area (Å²) in [6, 6.07) is 8.37. The normalized spacial score (nSPS) is 19.1. The number of anilines is 1. The monoisotopic (exact) mass is 307 g/mol. The average molecular weight is 307 g/mol. The van der Waals surface area contributed by atoms with Crippen molar-refractivity contribution in [2.24, 2.45) is 0 Å². The minimum absolute atomic E-state index is 0.314. The molecule has 0 aliphatic carbocycles. The SMILES string of the molecule is CS(=O)(=O)N1CCCC1C(=O)Nc1ccc(CC#N)cc1. The van der Waals surface area contributed by atoms with Crippen LogP contribution in [0.4, 0.5) is 5.69 Å². The third-order valence-corrected chi connectivity index (χ3v) is 4.73. The highest BCUT2D eigenvalue weighted by atomic mass is 32.2. The van der Waals surface area contributed by atoms with Gasteiger partial charge in [0.2, 0.25) is 15.9 Å². The van der Waals surface area contributed by atoms with Gasteiger partial charge in [0, 0.05) is 12.2 Å². The zero-order valence-electron chi connectivity index (χ0n) is 11.7. The fourth-order valence-corrected chi connectivity index (χ4v) is 3.55. The molecular formula is C14H17N3O3S. The summed E-state index contributed by atoms with van der Waals surface area (Å²) in [6.07, 6.45) is 2.66. The summed E-state index contributed by atoms with van der Waals surface area (Å²) in [5, 5.41) is 11.3. The maximum atomic E-state index is 12.2. The van der Waals surface area contributed by atoms with E-state index in [0.29, 0.717) is 31.5 Å². The van der Waals surface area contributed by atoms with Crippen LogP contribution in [-0.4, -0.2) is 37.5 Å². The van der Waals surface area contributed by atoms with Gasteiger partial charge in [0.05, 0.1) is 18.7 Å². The number of nitrogens with zero attached hydrogens (tertiary/aromatic N) is 2. The molecule has 1 unspecified atom stereocenters. The number of nitriles is 1. The van der Waals surface area contributed by atoms with E-state index in [1.54, 1.807) is 24.3 Å². The molecule has 0 spiro atoms. The van der Waals surface area contributed by atoms with E-state index < -0.39 is 16.1 Å². The Morgan fingerprint density at radius 2 is 2.10 bits per heavy atom. The third-order valence-electron chi connectivity index (χ3n) is 3.44. The fourth-order valence-electron chi connectivity index (χ4n) is 2.42. The molecule has 21 heavy (non-hydrogen) atoms. The Hall–Kier alpha value is -1.91. The van der Waals surface area contributed by atoms with Crippen molar-refractivity contribution in [1.29, 1.82) is 5.26 Å². The Morgan fingerprint density at radius 3 is 2.67 bits per heavy atom. The molecule has 0 radical (unpaired) electrons. The molecule has 0 bridgehead atoms. The van der Waals surface area contributed by atoms with E-state index in [-0.39, 0.29) is 5.91 Å². The predicted octanol–water partition coefficient (Wildman–Crippen LogP) is 1.12. The molecule has 2 rings (SSSR count). The van der Waals surface area contributed by atoms with E-state index in [4.69, 9.17) is 5.26 Å². The number of amides is 1. The van der Waals surface area contributed by atoms with E-state index in [1.807, 2.05) is 0 Å². The summed E-state index contributed by atoms with van der Waals surface area (Å²) in [5.41, 5.74) is 1.47. The van der Waals surface area contributed by atoms with Crippen LogP contribution in [0.1, 0.15) is 18.4 Å². The number of carbonyl (C=O) groups is 1. The number of hydrogen-bond donors (Lipinski definition) is 1. The molecule has 6 nitrogen and oxygen atoms in total. The van der Waals surface area contributed by atoms with Crippen molar-refractivity contribution in [3.63, 3.8) is 0 Å². The number of nitrogens with one attached hydrogen (secondary N) is 1. The van der Waals surface area contributed by atoms with Gasteiger partial charge in [0.15, 0.2) is 0 Å². The van der Waals surface area contributed by atoms with Crippen LogP contribution in [0.3, 0.4) is 0 Å². The summed E-state index contributed by atoms with van der Waals surface area (Å²) in [7, 11) is -3.37. The zero-order valence-corrected chi connectivity index (χ0v) is 12.6. The Kier molecular flexibility index (Phi) is 4.60. The van der Waals surface area contributed by atoms with Crippen molar-refractivity contribution in [1.82, 2.24) is 4.31 Å². The van der Waals surface area contributed by atoms with Gasteiger partial charge in [-0.15, -0.1) is 0 Å². The first-order valence-electron chi connectivity index (χ1n) is 6.65. The van der Waals surface area contributed by atoms with E-state index >= 15 is 0 Å². The molecule has 1 aromatic rings. The molecule has 1 saturated heterocycles. The largest absolute Gasteiger partial charge is 0.325 e. The molecule has 1 fully saturated rings. The smallest absolute Gasteiger partial charge is 0.242 e. The first-order valence-corrected chi connectivity index (χ1v) is 8.50. The Labute approximate surface area is 124 Å². The standard InChI is InChI=1S/C14H17N3O3S/c1-21(19,20)17-10-2-3-13(17)14(18)16-12-6-4-11(5-7-12)8-9-15/h4-7,13H,2-3,8,10H2,1H3,(H,16,18). The molecule has 112 valence electrons. The van der Waals surface area contributed by atoms with E-state index in [2.05, 4.69) is 11.4 Å². The van der Waals surface area contributed by atoms with Crippen molar-refractivity contribution < 1.29 is 13.2 Å². The average Bonchev–Trinajstić information content (AvgIpc) is 2.90. The molecule has 0 aromatic heterocycles. The second-order valence-electron chi connectivity index (χ2n) is 5.05. The topological polar surface area (TPSA) is 90.3 Å². The molecule has 7 heteroatoms. The first kappa shape index (κ1) is 15.5. The van der Waals surface area contributed by atoms with Gasteiger partial charge in [-0.05, 0) is 30.5 Å². The summed E-state index contributed by atoms with van der Waals surface area (Å²) in [6.45, 7) is 0.387. The van der Waals surface area contributed by atoms with Crippen LogP contribution < -0.4 is 5.32 Å². The van der Waals surface area contributed by atoms with Crippen LogP contribution in [0.2, 0.25) is 0 Å². The molecule has 1 amide bonds. The minimum Gasteiger partial charge on any atom is -0.325 e. The maximum absolute atomic E-state index is 12.2. The summed E-state index contributed by atoms with van der Waals surface area (Å²) >= 11 is 0. The quantitative estimate of drug-likeness (QED) is 0.902. The van der Waals surface area contributed by atoms with Crippen LogP contribution in [0.25, 0.3) is 0 Å². The lowest BCUT2D eigenvalue weighted by atomic mass is 10.1. The van der Waals surface area contributed by atoms with Crippen LogP contribution in [-0.2, 0) is 21.2 Å². The lowest BCUT2D eigenvalue weighted by Crippen LogP contribution is -2.42. The first-order chi connectivity index (χ1) is 9.91. The fraction of sp³-hybridized carbons (Fsp3) is 0.429. The maximum Gasteiger partial charge on any atom is 0.242 e. The number of hydrogen-bond acceptors (Lipinski definition) is 4. The number of sulfonamides is 1. The highest BCUT2D eigenvalue weighted by Crippen LogP contribution is 2.22. The second kappa shape index (κ2) is 6.24. The number of carbonyl (C=O) groups excluding carboxylic acids is 1. The van der Waals surface area contributed by atoms with Crippen molar-refractivity contribution in [3.05, 3.63) is 29.8 Å². The van der Waals surface area contributed by atoms with Crippen molar-refractivity contribution in [3.8, 4) is 6.07 Å². The Bertz CT molecular complexity index is 662. The Balaban J connectivity index is 2.06. The van der Waals surface area contributed by atoms with Gasteiger partial charge >= 0.3 is 0 Å². The molecule has 1 atom stereocenters.